The summed E-state index contributed by atoms with van der Waals surface area (Å²) in [5.41, 5.74) is 0. The maximum absolute atomic E-state index is 12.3. The highest BCUT2D eigenvalue weighted by Gasteiger charge is 2.31. The minimum Gasteiger partial charge on any atom is -0.267 e. The van der Waals surface area contributed by atoms with Gasteiger partial charge in [-0.15, -0.1) is 0 Å². The van der Waals surface area contributed by atoms with Crippen LogP contribution in [0.5, 0.6) is 0 Å². The van der Waals surface area contributed by atoms with Crippen molar-refractivity contribution < 1.29 is 42.8 Å². The maximum Gasteiger partial charge on any atom is 0.275 e. The quantitative estimate of drug-likeness (QED) is 0.398. The van der Waals surface area contributed by atoms with Crippen LogP contribution in [0.25, 0.3) is 0 Å². The lowest BCUT2D eigenvalue weighted by molar-refractivity contribution is 0.146. The maximum atomic E-state index is 12.3. The summed E-state index contributed by atoms with van der Waals surface area (Å²) in [7, 11) is -9.17. The summed E-state index contributed by atoms with van der Waals surface area (Å²) in [5.74, 6) is 0. The van der Waals surface area contributed by atoms with E-state index in [-0.39, 0.29) is 0 Å². The molecule has 0 saturated carbocycles. The predicted molar refractivity (Wildman–Crippen MR) is 65.8 cm³/mol. The standard InChI is InChI=1S/C9H16F4O6S2/c1-7(19-21(16,17)9(4-12)5-13)6-18-20(14,15)8(2-10)3-11/h7-9H,2-6H2,1H3. The SMILES string of the molecule is CC(COS(=O)(=O)C(CF)CF)OS(=O)(=O)C(CF)CF. The van der Waals surface area contributed by atoms with Crippen molar-refractivity contribution >= 4 is 20.2 Å². The molecule has 0 radical (unpaired) electrons. The van der Waals surface area contributed by atoms with Crippen molar-refractivity contribution in [2.45, 2.75) is 23.5 Å². The molecule has 0 bridgehead atoms. The van der Waals surface area contributed by atoms with E-state index in [1.54, 1.807) is 0 Å². The highest BCUT2D eigenvalue weighted by molar-refractivity contribution is 7.87. The van der Waals surface area contributed by atoms with Gasteiger partial charge >= 0.3 is 0 Å². The molecule has 1 atom stereocenters. The highest BCUT2D eigenvalue weighted by Crippen LogP contribution is 2.12. The van der Waals surface area contributed by atoms with Gasteiger partial charge in [-0.1, -0.05) is 0 Å². The molecule has 0 aliphatic heterocycles. The zero-order valence-electron chi connectivity index (χ0n) is 11.0. The molecular formula is C9H16F4O6S2. The Kier molecular flexibility index (Phi) is 8.66. The summed E-state index contributed by atoms with van der Waals surface area (Å²) in [5, 5.41) is -4.05. The Morgan fingerprint density at radius 3 is 1.57 bits per heavy atom. The average molecular weight is 360 g/mol. The van der Waals surface area contributed by atoms with Gasteiger partial charge in [-0.05, 0) is 6.92 Å². The van der Waals surface area contributed by atoms with Gasteiger partial charge in [-0.25, -0.2) is 17.6 Å². The third kappa shape index (κ3) is 6.45. The molecule has 0 aromatic rings. The first-order chi connectivity index (χ1) is 9.64. The summed E-state index contributed by atoms with van der Waals surface area (Å²) in [6.07, 6.45) is -1.41. The second-order valence-corrected chi connectivity index (χ2v) is 7.77. The van der Waals surface area contributed by atoms with Crippen LogP contribution in [0.1, 0.15) is 6.92 Å². The molecule has 0 heterocycles. The molecule has 0 fully saturated rings. The average Bonchev–Trinajstić information content (AvgIpc) is 2.38. The van der Waals surface area contributed by atoms with Crippen LogP contribution < -0.4 is 0 Å². The molecule has 0 saturated heterocycles. The van der Waals surface area contributed by atoms with Gasteiger partial charge in [0.2, 0.25) is 0 Å². The Labute approximate surface area is 120 Å². The summed E-state index contributed by atoms with van der Waals surface area (Å²) in [6.45, 7) is -5.88. The van der Waals surface area contributed by atoms with Crippen LogP contribution in [0.3, 0.4) is 0 Å². The lowest BCUT2D eigenvalue weighted by Crippen LogP contribution is -2.34. The number of hydrogen-bond donors (Lipinski definition) is 0. The lowest BCUT2D eigenvalue weighted by Gasteiger charge is -2.17. The molecular weight excluding hydrogens is 344 g/mol. The Balaban J connectivity index is 4.62. The second-order valence-electron chi connectivity index (χ2n) is 4.04. The number of hydrogen-bond acceptors (Lipinski definition) is 6. The van der Waals surface area contributed by atoms with E-state index >= 15 is 0 Å². The third-order valence-corrected chi connectivity index (χ3v) is 5.47. The Morgan fingerprint density at radius 1 is 0.810 bits per heavy atom. The molecule has 0 aromatic heterocycles. The van der Waals surface area contributed by atoms with Crippen molar-refractivity contribution in [2.75, 3.05) is 33.3 Å². The van der Waals surface area contributed by atoms with Crippen molar-refractivity contribution in [3.63, 3.8) is 0 Å². The Morgan fingerprint density at radius 2 is 1.19 bits per heavy atom. The molecule has 0 rings (SSSR count). The first kappa shape index (κ1) is 20.5. The Bertz CT molecular complexity index is 486. The zero-order chi connectivity index (χ0) is 16.7. The van der Waals surface area contributed by atoms with Crippen molar-refractivity contribution in [2.24, 2.45) is 0 Å². The van der Waals surface area contributed by atoms with E-state index in [2.05, 4.69) is 8.37 Å². The summed E-state index contributed by atoms with van der Waals surface area (Å²) in [4.78, 5) is 0. The topological polar surface area (TPSA) is 86.7 Å². The molecule has 128 valence electrons. The van der Waals surface area contributed by atoms with Crippen LogP contribution in [-0.4, -0.2) is 66.7 Å². The largest absolute Gasteiger partial charge is 0.275 e. The fraction of sp³-hybridized carbons (Fsp3) is 1.00. The van der Waals surface area contributed by atoms with Gasteiger partial charge in [-0.2, -0.15) is 16.8 Å². The molecule has 0 spiro atoms. The normalized spacial score (nSPS) is 14.8. The van der Waals surface area contributed by atoms with Crippen LogP contribution in [0.4, 0.5) is 17.6 Å². The Hall–Kier alpha value is -0.460. The van der Waals surface area contributed by atoms with Crippen molar-refractivity contribution in [3.8, 4) is 0 Å². The monoisotopic (exact) mass is 360 g/mol. The number of alkyl halides is 4. The highest BCUT2D eigenvalue weighted by atomic mass is 32.2. The molecule has 0 amide bonds. The zero-order valence-corrected chi connectivity index (χ0v) is 12.7. The lowest BCUT2D eigenvalue weighted by atomic mass is 10.5. The van der Waals surface area contributed by atoms with E-state index in [1.165, 1.54) is 0 Å². The molecule has 0 aromatic carbocycles. The van der Waals surface area contributed by atoms with E-state index in [9.17, 15) is 34.4 Å². The van der Waals surface area contributed by atoms with Gasteiger partial charge in [0.25, 0.3) is 20.2 Å². The smallest absolute Gasteiger partial charge is 0.267 e. The van der Waals surface area contributed by atoms with Crippen LogP contribution in [-0.2, 0) is 28.6 Å². The van der Waals surface area contributed by atoms with E-state index in [0.29, 0.717) is 0 Å². The molecule has 12 heteroatoms. The van der Waals surface area contributed by atoms with Crippen LogP contribution in [0.2, 0.25) is 0 Å². The van der Waals surface area contributed by atoms with E-state index in [0.717, 1.165) is 6.92 Å². The van der Waals surface area contributed by atoms with E-state index in [4.69, 9.17) is 0 Å². The van der Waals surface area contributed by atoms with Gasteiger partial charge in [0.15, 0.2) is 0 Å². The molecule has 0 N–H and O–H groups in total. The molecule has 0 aliphatic rings. The second kappa shape index (κ2) is 8.86. The first-order valence-electron chi connectivity index (χ1n) is 5.68. The summed E-state index contributed by atoms with van der Waals surface area (Å²) >= 11 is 0. The van der Waals surface area contributed by atoms with Gasteiger partial charge in [-0.3, -0.25) is 8.37 Å². The molecule has 0 aliphatic carbocycles. The molecule has 1 unspecified atom stereocenters. The van der Waals surface area contributed by atoms with E-state index in [1.807, 2.05) is 0 Å². The van der Waals surface area contributed by atoms with E-state index < -0.39 is 70.1 Å². The molecule has 6 nitrogen and oxygen atoms in total. The summed E-state index contributed by atoms with van der Waals surface area (Å²) in [6, 6.07) is 0. The number of rotatable bonds is 11. The summed E-state index contributed by atoms with van der Waals surface area (Å²) < 4.78 is 103. The molecule has 21 heavy (non-hydrogen) atoms. The van der Waals surface area contributed by atoms with Gasteiger partial charge in [0, 0.05) is 0 Å². The minimum atomic E-state index is -4.59. The first-order valence-corrected chi connectivity index (χ1v) is 8.63. The van der Waals surface area contributed by atoms with Crippen molar-refractivity contribution in [1.82, 2.24) is 0 Å². The minimum absolute atomic E-state index is 0.872. The van der Waals surface area contributed by atoms with Gasteiger partial charge in [0.1, 0.15) is 37.2 Å². The van der Waals surface area contributed by atoms with Gasteiger partial charge < -0.3 is 0 Å². The third-order valence-electron chi connectivity index (χ3n) is 2.27. The van der Waals surface area contributed by atoms with Crippen LogP contribution in [0.15, 0.2) is 0 Å². The van der Waals surface area contributed by atoms with Gasteiger partial charge in [0.05, 0.1) is 12.7 Å². The fourth-order valence-electron chi connectivity index (χ4n) is 1.01. The fourth-order valence-corrected chi connectivity index (χ4v) is 2.87. The van der Waals surface area contributed by atoms with Crippen LogP contribution in [0, 0.1) is 0 Å². The number of halogens is 4. The van der Waals surface area contributed by atoms with Crippen LogP contribution >= 0.6 is 0 Å². The van der Waals surface area contributed by atoms with Crippen molar-refractivity contribution in [3.05, 3.63) is 0 Å². The predicted octanol–water partition coefficient (Wildman–Crippen LogP) is 0.683. The van der Waals surface area contributed by atoms with Crippen molar-refractivity contribution in [1.29, 1.82) is 0 Å².